The Morgan fingerprint density at radius 1 is 1.17 bits per heavy atom. The second-order valence-corrected chi connectivity index (χ2v) is 8.45. The lowest BCUT2D eigenvalue weighted by atomic mass is 10.1. The number of hydrogen-bond acceptors (Lipinski definition) is 6. The number of H-pyrrole nitrogens is 1. The van der Waals surface area contributed by atoms with Gasteiger partial charge in [-0.15, -0.1) is 0 Å². The molecule has 0 saturated carbocycles. The van der Waals surface area contributed by atoms with Crippen LogP contribution in [0.3, 0.4) is 0 Å². The van der Waals surface area contributed by atoms with E-state index in [9.17, 15) is 22.8 Å². The summed E-state index contributed by atoms with van der Waals surface area (Å²) >= 11 is 0. The van der Waals surface area contributed by atoms with Gasteiger partial charge in [-0.25, -0.2) is 9.67 Å². The van der Waals surface area contributed by atoms with E-state index in [2.05, 4.69) is 30.8 Å². The Hall–Kier alpha value is -4.29. The number of hydrogen-bond donors (Lipinski definition) is 2. The van der Waals surface area contributed by atoms with E-state index in [1.807, 2.05) is 30.3 Å². The van der Waals surface area contributed by atoms with Crippen LogP contribution < -0.4 is 10.2 Å². The number of carbonyl (C=O) groups excluding carboxylic acids is 2. The minimum absolute atomic E-state index is 0.0730. The molecule has 5 rings (SSSR count). The van der Waals surface area contributed by atoms with Gasteiger partial charge in [0, 0.05) is 6.54 Å². The molecule has 2 aromatic heterocycles. The average Bonchev–Trinajstić information content (AvgIpc) is 3.48. The summed E-state index contributed by atoms with van der Waals surface area (Å²) in [4.78, 5) is 34.6. The Morgan fingerprint density at radius 3 is 2.75 bits per heavy atom. The second-order valence-electron chi connectivity index (χ2n) is 8.45. The Morgan fingerprint density at radius 2 is 1.97 bits per heavy atom. The van der Waals surface area contributed by atoms with Crippen molar-refractivity contribution in [2.24, 2.45) is 0 Å². The maximum absolute atomic E-state index is 13.5. The minimum atomic E-state index is -4.65. The van der Waals surface area contributed by atoms with Gasteiger partial charge < -0.3 is 10.3 Å². The predicted octanol–water partition coefficient (Wildman–Crippen LogP) is 2.93. The number of rotatable bonds is 5. The second kappa shape index (κ2) is 9.40. The first-order valence-corrected chi connectivity index (χ1v) is 11.3. The van der Waals surface area contributed by atoms with Crippen molar-refractivity contribution in [3.05, 3.63) is 65.5 Å². The number of tetrazole rings is 1. The number of halogens is 3. The van der Waals surface area contributed by atoms with E-state index in [-0.39, 0.29) is 22.5 Å². The highest BCUT2D eigenvalue weighted by Crippen LogP contribution is 2.32. The Labute approximate surface area is 202 Å². The molecule has 2 N–H and O–H groups in total. The summed E-state index contributed by atoms with van der Waals surface area (Å²) in [7, 11) is 0. The lowest BCUT2D eigenvalue weighted by molar-refractivity contribution is -0.137. The molecule has 36 heavy (non-hydrogen) atoms. The van der Waals surface area contributed by atoms with Gasteiger partial charge in [0.05, 0.1) is 29.5 Å². The summed E-state index contributed by atoms with van der Waals surface area (Å²) in [5.74, 6) is -1.02. The number of aromatic nitrogens is 6. The largest absolute Gasteiger partial charge is 0.416 e. The number of fused-ring (bicyclic) bond motifs is 1. The standard InChI is InChI=1S/C23H21F3N8O2/c24-23(25,26)15-10-16(19-18(11-15)27-13-28-19)20(35)29-17-8-4-5-9-33(21(17)36)22-30-31-32-34(22)12-14-6-2-1-3-7-14/h1-3,6-7,10-11,13,17H,4-5,8-9,12H2,(H,27,28)(H,29,35)/t17-/m0/s1. The van der Waals surface area contributed by atoms with E-state index < -0.39 is 29.6 Å². The summed E-state index contributed by atoms with van der Waals surface area (Å²) in [6, 6.07) is 10.1. The van der Waals surface area contributed by atoms with Crippen molar-refractivity contribution in [1.29, 1.82) is 0 Å². The van der Waals surface area contributed by atoms with Crippen molar-refractivity contribution in [2.45, 2.75) is 38.0 Å². The van der Waals surface area contributed by atoms with Crippen LogP contribution in [0.15, 0.2) is 48.8 Å². The fourth-order valence-electron chi connectivity index (χ4n) is 4.25. The number of anilines is 1. The van der Waals surface area contributed by atoms with Crippen LogP contribution in [0.2, 0.25) is 0 Å². The molecule has 10 nitrogen and oxygen atoms in total. The quantitative estimate of drug-likeness (QED) is 0.436. The topological polar surface area (TPSA) is 122 Å². The van der Waals surface area contributed by atoms with E-state index in [1.54, 1.807) is 0 Å². The van der Waals surface area contributed by atoms with Crippen molar-refractivity contribution in [1.82, 2.24) is 35.5 Å². The molecule has 1 fully saturated rings. The smallest absolute Gasteiger partial charge is 0.345 e. The fraction of sp³-hybridized carbons (Fsp3) is 0.304. The van der Waals surface area contributed by atoms with Crippen LogP contribution in [0.4, 0.5) is 19.1 Å². The molecule has 1 aliphatic rings. The monoisotopic (exact) mass is 498 g/mol. The van der Waals surface area contributed by atoms with Gasteiger partial charge >= 0.3 is 6.18 Å². The summed E-state index contributed by atoms with van der Waals surface area (Å²) in [5.41, 5.74) is -0.156. The number of amides is 2. The van der Waals surface area contributed by atoms with Crippen LogP contribution in [0.5, 0.6) is 0 Å². The summed E-state index contributed by atoms with van der Waals surface area (Å²) in [6.07, 6.45) is -1.85. The first-order chi connectivity index (χ1) is 17.3. The van der Waals surface area contributed by atoms with Crippen LogP contribution in [0.25, 0.3) is 11.0 Å². The van der Waals surface area contributed by atoms with Gasteiger partial charge in [0.2, 0.25) is 0 Å². The first-order valence-electron chi connectivity index (χ1n) is 11.3. The fourth-order valence-corrected chi connectivity index (χ4v) is 4.25. The average molecular weight is 498 g/mol. The molecule has 0 aliphatic carbocycles. The molecule has 0 spiro atoms. The normalized spacial score (nSPS) is 16.8. The van der Waals surface area contributed by atoms with Crippen LogP contribution in [-0.4, -0.2) is 54.6 Å². The van der Waals surface area contributed by atoms with Crippen molar-refractivity contribution in [3.8, 4) is 0 Å². The van der Waals surface area contributed by atoms with Gasteiger partial charge in [0.15, 0.2) is 0 Å². The molecule has 186 valence electrons. The lowest BCUT2D eigenvalue weighted by Crippen LogP contribution is -2.48. The van der Waals surface area contributed by atoms with Gasteiger partial charge in [-0.3, -0.25) is 14.5 Å². The molecule has 1 saturated heterocycles. The molecule has 3 heterocycles. The van der Waals surface area contributed by atoms with Crippen molar-refractivity contribution < 1.29 is 22.8 Å². The molecule has 1 aliphatic heterocycles. The lowest BCUT2D eigenvalue weighted by Gasteiger charge is -2.23. The molecule has 4 aromatic rings. The number of aromatic amines is 1. The van der Waals surface area contributed by atoms with Crippen LogP contribution in [-0.2, 0) is 17.5 Å². The van der Waals surface area contributed by atoms with E-state index in [4.69, 9.17) is 0 Å². The predicted molar refractivity (Wildman–Crippen MR) is 122 cm³/mol. The maximum Gasteiger partial charge on any atom is 0.416 e. The van der Waals surface area contributed by atoms with Crippen molar-refractivity contribution >= 4 is 28.8 Å². The summed E-state index contributed by atoms with van der Waals surface area (Å²) < 4.78 is 41.7. The Bertz CT molecular complexity index is 1400. The molecule has 0 unspecified atom stereocenters. The van der Waals surface area contributed by atoms with Gasteiger partial charge in [0.25, 0.3) is 17.8 Å². The highest BCUT2D eigenvalue weighted by molar-refractivity contribution is 6.07. The zero-order valence-electron chi connectivity index (χ0n) is 18.9. The molecule has 0 bridgehead atoms. The third-order valence-corrected chi connectivity index (χ3v) is 6.02. The Balaban J connectivity index is 1.40. The molecular weight excluding hydrogens is 477 g/mol. The minimum Gasteiger partial charge on any atom is -0.345 e. The maximum atomic E-state index is 13.5. The van der Waals surface area contributed by atoms with Gasteiger partial charge in [-0.2, -0.15) is 13.2 Å². The third kappa shape index (κ3) is 4.63. The molecule has 2 aromatic carbocycles. The van der Waals surface area contributed by atoms with Crippen LogP contribution in [0.1, 0.15) is 40.7 Å². The number of nitrogens with zero attached hydrogens (tertiary/aromatic N) is 6. The number of carbonyl (C=O) groups is 2. The molecule has 2 amide bonds. The molecule has 0 radical (unpaired) electrons. The summed E-state index contributed by atoms with van der Waals surface area (Å²) in [6.45, 7) is 0.679. The zero-order chi connectivity index (χ0) is 25.3. The van der Waals surface area contributed by atoms with E-state index in [0.717, 1.165) is 17.7 Å². The van der Waals surface area contributed by atoms with Gasteiger partial charge in [0.1, 0.15) is 11.6 Å². The van der Waals surface area contributed by atoms with Crippen molar-refractivity contribution in [2.75, 3.05) is 11.4 Å². The summed E-state index contributed by atoms with van der Waals surface area (Å²) in [5, 5.41) is 14.4. The number of imidazole rings is 1. The van der Waals surface area contributed by atoms with Crippen LogP contribution >= 0.6 is 0 Å². The van der Waals surface area contributed by atoms with E-state index in [0.29, 0.717) is 32.4 Å². The van der Waals surface area contributed by atoms with E-state index >= 15 is 0 Å². The first kappa shape index (κ1) is 23.5. The van der Waals surface area contributed by atoms with Gasteiger partial charge in [-0.05, 0) is 47.4 Å². The molecular formula is C23H21F3N8O2. The number of nitrogens with one attached hydrogen (secondary N) is 2. The van der Waals surface area contributed by atoms with Crippen LogP contribution in [0, 0.1) is 0 Å². The van der Waals surface area contributed by atoms with Crippen molar-refractivity contribution in [3.63, 3.8) is 0 Å². The van der Waals surface area contributed by atoms with E-state index in [1.165, 1.54) is 15.9 Å². The third-order valence-electron chi connectivity index (χ3n) is 6.02. The molecule has 1 atom stereocenters. The number of alkyl halides is 3. The number of benzene rings is 2. The molecule has 13 heteroatoms. The highest BCUT2D eigenvalue weighted by Gasteiger charge is 2.35. The zero-order valence-corrected chi connectivity index (χ0v) is 18.9. The SMILES string of the molecule is O=C(N[C@H]1CCCCN(c2nnnn2Cc2ccccc2)C1=O)c1cc(C(F)(F)F)cc2[nH]cnc12. The van der Waals surface area contributed by atoms with Gasteiger partial charge in [-0.1, -0.05) is 35.4 Å². The highest BCUT2D eigenvalue weighted by atomic mass is 19.4. The Kier molecular flexibility index (Phi) is 6.12.